The molecule has 7 heteroatoms. The van der Waals surface area contributed by atoms with E-state index in [1.165, 1.54) is 0 Å². The quantitative estimate of drug-likeness (QED) is 0.895. The molecule has 1 heterocycles. The summed E-state index contributed by atoms with van der Waals surface area (Å²) in [4.78, 5) is 28.7. The standard InChI is InChI=1S/C19H29N3O4/c1-19(2,3)20-18(24)22-10-6-9-21(11-12-22)17(23)14-7-8-15(25-4)16(13-14)26-5/h7-8,13H,6,9-12H2,1-5H3,(H,20,24). The topological polar surface area (TPSA) is 71.1 Å². The van der Waals surface area contributed by atoms with Gasteiger partial charge in [0.1, 0.15) is 0 Å². The lowest BCUT2D eigenvalue weighted by Crippen LogP contribution is -2.49. The van der Waals surface area contributed by atoms with Crippen molar-refractivity contribution in [2.45, 2.75) is 32.7 Å². The number of carbonyl (C=O) groups excluding carboxylic acids is 2. The van der Waals surface area contributed by atoms with E-state index < -0.39 is 0 Å². The monoisotopic (exact) mass is 363 g/mol. The molecule has 1 aliphatic rings. The Morgan fingerprint density at radius 1 is 0.962 bits per heavy atom. The Bertz CT molecular complexity index is 655. The summed E-state index contributed by atoms with van der Waals surface area (Å²) in [6, 6.07) is 5.07. The summed E-state index contributed by atoms with van der Waals surface area (Å²) in [5.41, 5.74) is 0.272. The highest BCUT2D eigenvalue weighted by atomic mass is 16.5. The number of amides is 3. The summed E-state index contributed by atoms with van der Waals surface area (Å²) in [6.45, 7) is 8.14. The second kappa shape index (κ2) is 8.29. The van der Waals surface area contributed by atoms with Crippen LogP contribution in [0.1, 0.15) is 37.6 Å². The Morgan fingerprint density at radius 2 is 1.58 bits per heavy atom. The average Bonchev–Trinajstić information content (AvgIpc) is 2.85. The average molecular weight is 363 g/mol. The minimum atomic E-state index is -0.279. The summed E-state index contributed by atoms with van der Waals surface area (Å²) in [7, 11) is 3.11. The van der Waals surface area contributed by atoms with Gasteiger partial charge in [0, 0.05) is 37.3 Å². The maximum atomic E-state index is 12.8. The molecule has 0 aliphatic carbocycles. The molecule has 1 aromatic carbocycles. The van der Waals surface area contributed by atoms with E-state index in [4.69, 9.17) is 9.47 Å². The number of carbonyl (C=O) groups is 2. The fraction of sp³-hybridized carbons (Fsp3) is 0.579. The molecular weight excluding hydrogens is 334 g/mol. The molecule has 0 atom stereocenters. The van der Waals surface area contributed by atoms with Crippen LogP contribution >= 0.6 is 0 Å². The van der Waals surface area contributed by atoms with Crippen molar-refractivity contribution in [1.29, 1.82) is 0 Å². The normalized spacial score (nSPS) is 15.3. The highest BCUT2D eigenvalue weighted by molar-refractivity contribution is 5.95. The lowest BCUT2D eigenvalue weighted by molar-refractivity contribution is 0.0761. The van der Waals surface area contributed by atoms with Crippen molar-refractivity contribution in [2.75, 3.05) is 40.4 Å². The summed E-state index contributed by atoms with van der Waals surface area (Å²) in [5, 5.41) is 2.97. The number of urea groups is 1. The minimum absolute atomic E-state index is 0.0657. The Balaban J connectivity index is 2.04. The van der Waals surface area contributed by atoms with E-state index in [-0.39, 0.29) is 17.5 Å². The number of hydrogen-bond donors (Lipinski definition) is 1. The van der Waals surface area contributed by atoms with Gasteiger partial charge in [-0.3, -0.25) is 4.79 Å². The molecule has 7 nitrogen and oxygen atoms in total. The van der Waals surface area contributed by atoms with E-state index in [0.717, 1.165) is 6.42 Å². The van der Waals surface area contributed by atoms with Gasteiger partial charge in [0.15, 0.2) is 11.5 Å². The summed E-state index contributed by atoms with van der Waals surface area (Å²) < 4.78 is 10.5. The number of rotatable bonds is 3. The highest BCUT2D eigenvalue weighted by Crippen LogP contribution is 2.28. The van der Waals surface area contributed by atoms with Crippen LogP contribution in [0.3, 0.4) is 0 Å². The predicted molar refractivity (Wildman–Crippen MR) is 99.9 cm³/mol. The molecule has 26 heavy (non-hydrogen) atoms. The van der Waals surface area contributed by atoms with E-state index in [2.05, 4.69) is 5.32 Å². The minimum Gasteiger partial charge on any atom is -0.493 e. The molecule has 1 N–H and O–H groups in total. The van der Waals surface area contributed by atoms with Crippen molar-refractivity contribution in [3.63, 3.8) is 0 Å². The molecule has 1 aliphatic heterocycles. The number of hydrogen-bond acceptors (Lipinski definition) is 4. The zero-order valence-corrected chi connectivity index (χ0v) is 16.3. The first-order chi connectivity index (χ1) is 12.2. The number of nitrogens with one attached hydrogen (secondary N) is 1. The van der Waals surface area contributed by atoms with E-state index in [1.807, 2.05) is 20.8 Å². The largest absolute Gasteiger partial charge is 0.493 e. The van der Waals surface area contributed by atoms with Crippen molar-refractivity contribution in [2.24, 2.45) is 0 Å². The van der Waals surface area contributed by atoms with Crippen molar-refractivity contribution < 1.29 is 19.1 Å². The molecule has 0 saturated carbocycles. The number of benzene rings is 1. The van der Waals surface area contributed by atoms with Gasteiger partial charge in [-0.05, 0) is 45.4 Å². The molecule has 0 radical (unpaired) electrons. The second-order valence-electron chi connectivity index (χ2n) is 7.38. The zero-order chi connectivity index (χ0) is 19.3. The first-order valence-electron chi connectivity index (χ1n) is 8.83. The van der Waals surface area contributed by atoms with E-state index in [0.29, 0.717) is 43.2 Å². The number of methoxy groups -OCH3 is 2. The SMILES string of the molecule is COc1ccc(C(=O)N2CCCN(C(=O)NC(C)(C)C)CC2)cc1OC. The highest BCUT2D eigenvalue weighted by Gasteiger charge is 2.25. The molecule has 0 spiro atoms. The molecule has 0 bridgehead atoms. The predicted octanol–water partition coefficient (Wildman–Crippen LogP) is 2.36. The lowest BCUT2D eigenvalue weighted by atomic mass is 10.1. The van der Waals surface area contributed by atoms with Crippen LogP contribution in [-0.4, -0.2) is 67.7 Å². The van der Waals surface area contributed by atoms with Gasteiger partial charge in [-0.15, -0.1) is 0 Å². The van der Waals surface area contributed by atoms with Gasteiger partial charge in [0.2, 0.25) is 0 Å². The van der Waals surface area contributed by atoms with Gasteiger partial charge in [-0.2, -0.15) is 0 Å². The van der Waals surface area contributed by atoms with Gasteiger partial charge >= 0.3 is 6.03 Å². The van der Waals surface area contributed by atoms with Crippen molar-refractivity contribution in [3.8, 4) is 11.5 Å². The van der Waals surface area contributed by atoms with Crippen LogP contribution in [0.5, 0.6) is 11.5 Å². The van der Waals surface area contributed by atoms with Gasteiger partial charge in [0.05, 0.1) is 14.2 Å². The molecule has 1 fully saturated rings. The van der Waals surface area contributed by atoms with E-state index >= 15 is 0 Å². The van der Waals surface area contributed by atoms with Crippen LogP contribution in [-0.2, 0) is 0 Å². The molecule has 1 aromatic rings. The smallest absolute Gasteiger partial charge is 0.317 e. The number of ether oxygens (including phenoxy) is 2. The van der Waals surface area contributed by atoms with Gasteiger partial charge < -0.3 is 24.6 Å². The van der Waals surface area contributed by atoms with Crippen LogP contribution in [0.4, 0.5) is 4.79 Å². The third-order valence-electron chi connectivity index (χ3n) is 4.18. The summed E-state index contributed by atoms with van der Waals surface area (Å²) in [5.74, 6) is 1.05. The van der Waals surface area contributed by atoms with Crippen LogP contribution in [0.2, 0.25) is 0 Å². The fourth-order valence-corrected chi connectivity index (χ4v) is 2.88. The lowest BCUT2D eigenvalue weighted by Gasteiger charge is -2.27. The first kappa shape index (κ1) is 19.9. The van der Waals surface area contributed by atoms with Crippen molar-refractivity contribution in [3.05, 3.63) is 23.8 Å². The number of nitrogens with zero attached hydrogens (tertiary/aromatic N) is 2. The Hall–Kier alpha value is -2.44. The molecule has 0 aromatic heterocycles. The van der Waals surface area contributed by atoms with Crippen LogP contribution in [0.15, 0.2) is 18.2 Å². The third kappa shape index (κ3) is 5.03. The van der Waals surface area contributed by atoms with E-state index in [9.17, 15) is 9.59 Å². The first-order valence-corrected chi connectivity index (χ1v) is 8.83. The molecule has 0 unspecified atom stereocenters. The second-order valence-corrected chi connectivity index (χ2v) is 7.38. The molecule has 2 rings (SSSR count). The third-order valence-corrected chi connectivity index (χ3v) is 4.18. The van der Waals surface area contributed by atoms with E-state index in [1.54, 1.807) is 42.2 Å². The molecule has 1 saturated heterocycles. The van der Waals surface area contributed by atoms with Gasteiger partial charge in [0.25, 0.3) is 5.91 Å². The van der Waals surface area contributed by atoms with Crippen molar-refractivity contribution in [1.82, 2.24) is 15.1 Å². The summed E-state index contributed by atoms with van der Waals surface area (Å²) >= 11 is 0. The Labute approximate surface area is 155 Å². The van der Waals surface area contributed by atoms with Gasteiger partial charge in [-0.25, -0.2) is 4.79 Å². The fourth-order valence-electron chi connectivity index (χ4n) is 2.88. The molecule has 3 amide bonds. The summed E-state index contributed by atoms with van der Waals surface area (Å²) in [6.07, 6.45) is 0.747. The molecular formula is C19H29N3O4. The van der Waals surface area contributed by atoms with Gasteiger partial charge in [-0.1, -0.05) is 0 Å². The van der Waals surface area contributed by atoms with Crippen LogP contribution in [0.25, 0.3) is 0 Å². The maximum absolute atomic E-state index is 12.8. The Kier molecular flexibility index (Phi) is 6.34. The van der Waals surface area contributed by atoms with Crippen LogP contribution in [0, 0.1) is 0 Å². The van der Waals surface area contributed by atoms with Crippen LogP contribution < -0.4 is 14.8 Å². The maximum Gasteiger partial charge on any atom is 0.317 e. The molecule has 144 valence electrons. The Morgan fingerprint density at radius 3 is 2.19 bits per heavy atom. The zero-order valence-electron chi connectivity index (χ0n) is 16.3. The van der Waals surface area contributed by atoms with Crippen molar-refractivity contribution >= 4 is 11.9 Å².